The SMILES string of the molecule is CCN(CC(=O)Nc1c(Cl)cccc1Cl)C(=O)c1cccc(Br)c1. The average molecular weight is 430 g/mol. The molecule has 2 amide bonds. The highest BCUT2D eigenvalue weighted by Crippen LogP contribution is 2.29. The van der Waals surface area contributed by atoms with E-state index in [0.717, 1.165) is 4.47 Å². The third kappa shape index (κ3) is 4.72. The fourth-order valence-electron chi connectivity index (χ4n) is 2.10. The number of anilines is 1. The molecule has 0 bridgehead atoms. The molecule has 0 heterocycles. The van der Waals surface area contributed by atoms with Gasteiger partial charge in [-0.2, -0.15) is 0 Å². The van der Waals surface area contributed by atoms with E-state index in [4.69, 9.17) is 23.2 Å². The van der Waals surface area contributed by atoms with Crippen molar-refractivity contribution in [2.24, 2.45) is 0 Å². The predicted molar refractivity (Wildman–Crippen MR) is 101 cm³/mol. The second-order valence-corrected chi connectivity index (χ2v) is 6.70. The van der Waals surface area contributed by atoms with Gasteiger partial charge in [0.15, 0.2) is 0 Å². The minimum Gasteiger partial charge on any atom is -0.330 e. The molecule has 0 saturated carbocycles. The fraction of sp³-hybridized carbons (Fsp3) is 0.176. The maximum absolute atomic E-state index is 12.5. The van der Waals surface area contributed by atoms with Gasteiger partial charge in [0.2, 0.25) is 5.91 Å². The summed E-state index contributed by atoms with van der Waals surface area (Å²) in [7, 11) is 0. The van der Waals surface area contributed by atoms with Crippen LogP contribution >= 0.6 is 39.1 Å². The second-order valence-electron chi connectivity index (χ2n) is 4.97. The van der Waals surface area contributed by atoms with E-state index < -0.39 is 0 Å². The molecular formula is C17H15BrCl2N2O2. The van der Waals surface area contributed by atoms with E-state index in [9.17, 15) is 9.59 Å². The summed E-state index contributed by atoms with van der Waals surface area (Å²) in [5, 5.41) is 3.34. The van der Waals surface area contributed by atoms with Crippen LogP contribution < -0.4 is 5.32 Å². The van der Waals surface area contributed by atoms with Crippen LogP contribution in [0.4, 0.5) is 5.69 Å². The summed E-state index contributed by atoms with van der Waals surface area (Å²) in [5.74, 6) is -0.589. The van der Waals surface area contributed by atoms with Crippen LogP contribution in [-0.4, -0.2) is 29.8 Å². The minimum atomic E-state index is -0.366. The lowest BCUT2D eigenvalue weighted by atomic mass is 10.2. The molecular weight excluding hydrogens is 415 g/mol. The number of halogens is 3. The highest BCUT2D eigenvalue weighted by molar-refractivity contribution is 9.10. The monoisotopic (exact) mass is 428 g/mol. The number of nitrogens with zero attached hydrogens (tertiary/aromatic N) is 1. The van der Waals surface area contributed by atoms with Gasteiger partial charge in [-0.25, -0.2) is 0 Å². The van der Waals surface area contributed by atoms with Gasteiger partial charge in [-0.3, -0.25) is 9.59 Å². The largest absolute Gasteiger partial charge is 0.330 e. The molecule has 0 aromatic heterocycles. The first-order valence-corrected chi connectivity index (χ1v) is 8.76. The lowest BCUT2D eigenvalue weighted by molar-refractivity contribution is -0.116. The van der Waals surface area contributed by atoms with Gasteiger partial charge in [0, 0.05) is 16.6 Å². The Kier molecular flexibility index (Phi) is 6.66. The number of hydrogen-bond donors (Lipinski definition) is 1. The van der Waals surface area contributed by atoms with Crippen molar-refractivity contribution in [3.8, 4) is 0 Å². The molecule has 24 heavy (non-hydrogen) atoms. The van der Waals surface area contributed by atoms with E-state index in [1.807, 2.05) is 13.0 Å². The summed E-state index contributed by atoms with van der Waals surface area (Å²) in [6, 6.07) is 12.0. The molecule has 0 radical (unpaired) electrons. The van der Waals surface area contributed by atoms with Crippen LogP contribution in [0.2, 0.25) is 10.0 Å². The van der Waals surface area contributed by atoms with Crippen LogP contribution in [0.5, 0.6) is 0 Å². The zero-order valence-electron chi connectivity index (χ0n) is 12.9. The Morgan fingerprint density at radius 2 is 1.75 bits per heavy atom. The van der Waals surface area contributed by atoms with Crippen molar-refractivity contribution < 1.29 is 9.59 Å². The first-order valence-electron chi connectivity index (χ1n) is 7.21. The molecule has 2 aromatic rings. The number of likely N-dealkylation sites (N-methyl/N-ethyl adjacent to an activating group) is 1. The molecule has 7 heteroatoms. The van der Waals surface area contributed by atoms with Gasteiger partial charge in [-0.15, -0.1) is 0 Å². The quantitative estimate of drug-likeness (QED) is 0.737. The number of carbonyl (C=O) groups is 2. The molecule has 0 aliphatic heterocycles. The van der Waals surface area contributed by atoms with Crippen molar-refractivity contribution in [1.29, 1.82) is 0 Å². The lowest BCUT2D eigenvalue weighted by Crippen LogP contribution is -2.37. The standard InChI is InChI=1S/C17H15BrCl2N2O2/c1-2-22(17(24)11-5-3-6-12(18)9-11)10-15(23)21-16-13(19)7-4-8-14(16)20/h3-9H,2,10H2,1H3,(H,21,23). The number of para-hydroxylation sites is 1. The lowest BCUT2D eigenvalue weighted by Gasteiger charge is -2.21. The highest BCUT2D eigenvalue weighted by atomic mass is 79.9. The third-order valence-corrected chi connectivity index (χ3v) is 4.43. The van der Waals surface area contributed by atoms with Gasteiger partial charge in [0.05, 0.1) is 15.7 Å². The molecule has 2 aromatic carbocycles. The van der Waals surface area contributed by atoms with Gasteiger partial charge in [-0.1, -0.05) is 51.3 Å². The summed E-state index contributed by atoms with van der Waals surface area (Å²) in [4.78, 5) is 26.2. The van der Waals surface area contributed by atoms with Crippen LogP contribution in [0.1, 0.15) is 17.3 Å². The maximum Gasteiger partial charge on any atom is 0.254 e. The van der Waals surface area contributed by atoms with E-state index in [2.05, 4.69) is 21.2 Å². The van der Waals surface area contributed by atoms with Crippen LogP contribution in [0.15, 0.2) is 46.9 Å². The van der Waals surface area contributed by atoms with Crippen LogP contribution in [-0.2, 0) is 4.79 Å². The molecule has 0 unspecified atom stereocenters. The predicted octanol–water partition coefficient (Wildman–Crippen LogP) is 4.86. The number of amides is 2. The molecule has 2 rings (SSSR count). The Morgan fingerprint density at radius 1 is 1.12 bits per heavy atom. The molecule has 1 N–H and O–H groups in total. The Balaban J connectivity index is 2.09. The van der Waals surface area contributed by atoms with Crippen molar-refractivity contribution >= 4 is 56.6 Å². The maximum atomic E-state index is 12.5. The highest BCUT2D eigenvalue weighted by Gasteiger charge is 2.18. The normalized spacial score (nSPS) is 10.3. The summed E-state index contributed by atoms with van der Waals surface area (Å²) in [5.41, 5.74) is 0.853. The number of hydrogen-bond acceptors (Lipinski definition) is 2. The van der Waals surface area contributed by atoms with E-state index in [-0.39, 0.29) is 18.4 Å². The van der Waals surface area contributed by atoms with Crippen molar-refractivity contribution in [2.45, 2.75) is 6.92 Å². The van der Waals surface area contributed by atoms with Crippen LogP contribution in [0.3, 0.4) is 0 Å². The molecule has 0 spiro atoms. The second kappa shape index (κ2) is 8.51. The Labute approximate surface area is 158 Å². The van der Waals surface area contributed by atoms with Crippen LogP contribution in [0.25, 0.3) is 0 Å². The van der Waals surface area contributed by atoms with E-state index in [1.165, 1.54) is 4.90 Å². The van der Waals surface area contributed by atoms with Crippen molar-refractivity contribution in [3.63, 3.8) is 0 Å². The summed E-state index contributed by atoms with van der Waals surface area (Å²) >= 11 is 15.4. The molecule has 126 valence electrons. The first kappa shape index (κ1) is 18.8. The van der Waals surface area contributed by atoms with Gasteiger partial charge < -0.3 is 10.2 Å². The first-order chi connectivity index (χ1) is 11.4. The number of nitrogens with one attached hydrogen (secondary N) is 1. The van der Waals surface area contributed by atoms with E-state index in [0.29, 0.717) is 27.8 Å². The zero-order valence-corrected chi connectivity index (χ0v) is 16.0. The van der Waals surface area contributed by atoms with Crippen molar-refractivity contribution in [2.75, 3.05) is 18.4 Å². The molecule has 0 aliphatic rings. The fourth-order valence-corrected chi connectivity index (χ4v) is 2.99. The Bertz CT molecular complexity index is 748. The molecule has 0 fully saturated rings. The van der Waals surface area contributed by atoms with Crippen molar-refractivity contribution in [3.05, 3.63) is 62.5 Å². The Hall–Kier alpha value is -1.56. The molecule has 0 atom stereocenters. The minimum absolute atomic E-state index is 0.0939. The summed E-state index contributed by atoms with van der Waals surface area (Å²) < 4.78 is 0.803. The number of carbonyl (C=O) groups excluding carboxylic acids is 2. The van der Waals surface area contributed by atoms with Gasteiger partial charge in [0.25, 0.3) is 5.91 Å². The van der Waals surface area contributed by atoms with Crippen LogP contribution in [0, 0.1) is 0 Å². The molecule has 0 aliphatic carbocycles. The van der Waals surface area contributed by atoms with Gasteiger partial charge in [0.1, 0.15) is 6.54 Å². The number of rotatable bonds is 5. The third-order valence-electron chi connectivity index (χ3n) is 3.30. The topological polar surface area (TPSA) is 49.4 Å². The van der Waals surface area contributed by atoms with E-state index in [1.54, 1.807) is 36.4 Å². The van der Waals surface area contributed by atoms with Gasteiger partial charge >= 0.3 is 0 Å². The number of benzene rings is 2. The Morgan fingerprint density at radius 3 is 2.33 bits per heavy atom. The zero-order chi connectivity index (χ0) is 17.7. The van der Waals surface area contributed by atoms with Crippen molar-refractivity contribution in [1.82, 2.24) is 4.90 Å². The van der Waals surface area contributed by atoms with E-state index >= 15 is 0 Å². The average Bonchev–Trinajstić information content (AvgIpc) is 2.55. The summed E-state index contributed by atoms with van der Waals surface area (Å²) in [6.45, 7) is 2.12. The van der Waals surface area contributed by atoms with Gasteiger partial charge in [-0.05, 0) is 37.3 Å². The molecule has 0 saturated heterocycles. The summed E-state index contributed by atoms with van der Waals surface area (Å²) in [6.07, 6.45) is 0. The smallest absolute Gasteiger partial charge is 0.254 e. The molecule has 4 nitrogen and oxygen atoms in total.